The van der Waals surface area contributed by atoms with E-state index in [1.54, 1.807) is 33.9 Å². The third-order valence-corrected chi connectivity index (χ3v) is 10.3. The van der Waals surface area contributed by atoms with Crippen molar-refractivity contribution in [3.8, 4) is 0 Å². The second-order valence-corrected chi connectivity index (χ2v) is 11.2. The van der Waals surface area contributed by atoms with Gasteiger partial charge in [0.15, 0.2) is 5.40 Å². The lowest BCUT2D eigenvalue weighted by Crippen LogP contribution is -2.22. The molecule has 10 heteroatoms. The predicted molar refractivity (Wildman–Crippen MR) is 117 cm³/mol. The van der Waals surface area contributed by atoms with Crippen molar-refractivity contribution in [1.82, 2.24) is 9.55 Å². The van der Waals surface area contributed by atoms with Gasteiger partial charge in [-0.15, -0.1) is 0 Å². The van der Waals surface area contributed by atoms with Crippen molar-refractivity contribution in [1.29, 1.82) is 0 Å². The summed E-state index contributed by atoms with van der Waals surface area (Å²) in [7, 11) is -7.64. The number of imidazole rings is 1. The first-order valence-electron chi connectivity index (χ1n) is 10.2. The first kappa shape index (κ1) is 25.0. The fourth-order valence-corrected chi connectivity index (χ4v) is 8.39. The average Bonchev–Trinajstić information content (AvgIpc) is 3.14. The zero-order valence-corrected chi connectivity index (χ0v) is 19.9. The van der Waals surface area contributed by atoms with Gasteiger partial charge in [-0.3, -0.25) is 9.13 Å². The normalized spacial score (nSPS) is 12.6. The second-order valence-electron chi connectivity index (χ2n) is 6.39. The first-order valence-corrected chi connectivity index (χ1v) is 13.5. The van der Waals surface area contributed by atoms with E-state index in [9.17, 15) is 9.13 Å². The SMILES string of the molecule is CCOP(=O)(OCC)C(Cc1nccn1Cc1ccccc1)P(=O)(OCC)OCC. The number of rotatable bonds is 14. The molecule has 0 amide bonds. The molecule has 0 bridgehead atoms. The molecule has 0 unspecified atom stereocenters. The number of nitrogens with zero attached hydrogens (tertiary/aromatic N) is 2. The summed E-state index contributed by atoms with van der Waals surface area (Å²) >= 11 is 0. The maximum Gasteiger partial charge on any atom is 0.346 e. The quantitative estimate of drug-likeness (QED) is 0.354. The van der Waals surface area contributed by atoms with Gasteiger partial charge in [0.1, 0.15) is 5.82 Å². The molecule has 0 saturated heterocycles. The maximum absolute atomic E-state index is 13.7. The molecule has 1 aromatic carbocycles. The Morgan fingerprint density at radius 3 is 1.83 bits per heavy atom. The van der Waals surface area contributed by atoms with Gasteiger partial charge < -0.3 is 22.7 Å². The van der Waals surface area contributed by atoms with E-state index in [-0.39, 0.29) is 32.8 Å². The van der Waals surface area contributed by atoms with E-state index in [1.807, 2.05) is 41.1 Å². The first-order chi connectivity index (χ1) is 14.4. The topological polar surface area (TPSA) is 88.9 Å². The average molecular weight is 458 g/mol. The van der Waals surface area contributed by atoms with E-state index in [0.29, 0.717) is 12.4 Å². The molecule has 8 nitrogen and oxygen atoms in total. The van der Waals surface area contributed by atoms with Crippen molar-refractivity contribution in [2.24, 2.45) is 0 Å². The van der Waals surface area contributed by atoms with Crippen LogP contribution >= 0.6 is 15.2 Å². The van der Waals surface area contributed by atoms with Crippen LogP contribution < -0.4 is 0 Å². The van der Waals surface area contributed by atoms with Crippen molar-refractivity contribution in [2.75, 3.05) is 26.4 Å². The fourth-order valence-electron chi connectivity index (χ4n) is 3.15. The Bertz CT molecular complexity index is 808. The van der Waals surface area contributed by atoms with Crippen LogP contribution in [0.1, 0.15) is 39.1 Å². The molecule has 0 N–H and O–H groups in total. The lowest BCUT2D eigenvalue weighted by atomic mass is 10.2. The Kier molecular flexibility index (Phi) is 9.95. The van der Waals surface area contributed by atoms with Crippen molar-refractivity contribution >= 4 is 15.2 Å². The van der Waals surface area contributed by atoms with Crippen LogP contribution in [-0.2, 0) is 40.2 Å². The largest absolute Gasteiger partial charge is 0.346 e. The van der Waals surface area contributed by atoms with Crippen LogP contribution in [0.15, 0.2) is 42.7 Å². The van der Waals surface area contributed by atoms with E-state index in [1.165, 1.54) is 0 Å². The molecule has 0 atom stereocenters. The van der Waals surface area contributed by atoms with Gasteiger partial charge in [0.2, 0.25) is 0 Å². The summed E-state index contributed by atoms with van der Waals surface area (Å²) < 4.78 is 51.5. The molecule has 0 fully saturated rings. The summed E-state index contributed by atoms with van der Waals surface area (Å²) in [6, 6.07) is 9.90. The second kappa shape index (κ2) is 11.9. The summed E-state index contributed by atoms with van der Waals surface area (Å²) in [5, 5.41) is -1.12. The Morgan fingerprint density at radius 1 is 0.867 bits per heavy atom. The number of hydrogen-bond donors (Lipinski definition) is 0. The molecule has 168 valence electrons. The summed E-state index contributed by atoms with van der Waals surface area (Å²) in [5.41, 5.74) is 1.09. The fraction of sp³-hybridized carbons (Fsp3) is 0.550. The molecule has 0 radical (unpaired) electrons. The van der Waals surface area contributed by atoms with Gasteiger partial charge in [0.25, 0.3) is 0 Å². The Morgan fingerprint density at radius 2 is 1.37 bits per heavy atom. The maximum atomic E-state index is 13.7. The molecular formula is C20H32N2O6P2. The molecule has 0 aliphatic carbocycles. The van der Waals surface area contributed by atoms with Gasteiger partial charge in [-0.1, -0.05) is 30.3 Å². The van der Waals surface area contributed by atoms with Gasteiger partial charge >= 0.3 is 15.2 Å². The molecular weight excluding hydrogens is 426 g/mol. The van der Waals surface area contributed by atoms with Crippen LogP contribution in [0.4, 0.5) is 0 Å². The molecule has 0 saturated carbocycles. The minimum Gasteiger partial charge on any atom is -0.330 e. The van der Waals surface area contributed by atoms with Gasteiger partial charge in [0, 0.05) is 25.4 Å². The van der Waals surface area contributed by atoms with Gasteiger partial charge in [-0.2, -0.15) is 0 Å². The van der Waals surface area contributed by atoms with Crippen LogP contribution in [-0.4, -0.2) is 41.4 Å². The smallest absolute Gasteiger partial charge is 0.330 e. The summed E-state index contributed by atoms with van der Waals surface area (Å²) in [5.74, 6) is 0.600. The highest BCUT2D eigenvalue weighted by atomic mass is 31.2. The Balaban J connectivity index is 2.44. The highest BCUT2D eigenvalue weighted by molar-refractivity contribution is 7.72. The molecule has 0 spiro atoms. The molecule has 30 heavy (non-hydrogen) atoms. The summed E-state index contributed by atoms with van der Waals surface area (Å²) in [6.45, 7) is 8.00. The van der Waals surface area contributed by atoms with Crippen molar-refractivity contribution in [3.63, 3.8) is 0 Å². The number of aromatic nitrogens is 2. The molecule has 2 aromatic rings. The van der Waals surface area contributed by atoms with E-state index in [0.717, 1.165) is 5.56 Å². The molecule has 1 heterocycles. The van der Waals surface area contributed by atoms with Crippen molar-refractivity contribution < 1.29 is 27.2 Å². The predicted octanol–water partition coefficient (Wildman–Crippen LogP) is 5.33. The summed E-state index contributed by atoms with van der Waals surface area (Å²) in [6.07, 6.45) is 3.56. The molecule has 1 aromatic heterocycles. The van der Waals surface area contributed by atoms with Crippen LogP contribution in [0.25, 0.3) is 0 Å². The van der Waals surface area contributed by atoms with E-state index in [4.69, 9.17) is 18.1 Å². The Labute approximate surface area is 179 Å². The third-order valence-electron chi connectivity index (χ3n) is 4.33. The zero-order chi connectivity index (χ0) is 22.0. The van der Waals surface area contributed by atoms with Crippen LogP contribution in [0.2, 0.25) is 0 Å². The van der Waals surface area contributed by atoms with Gasteiger partial charge in [-0.05, 0) is 33.3 Å². The monoisotopic (exact) mass is 458 g/mol. The zero-order valence-electron chi connectivity index (χ0n) is 18.1. The third kappa shape index (κ3) is 6.36. The highest BCUT2D eigenvalue weighted by Gasteiger charge is 2.51. The van der Waals surface area contributed by atoms with Crippen LogP contribution in [0, 0.1) is 0 Å². The molecule has 0 aliphatic heterocycles. The van der Waals surface area contributed by atoms with Crippen molar-refractivity contribution in [3.05, 3.63) is 54.1 Å². The molecule has 2 rings (SSSR count). The van der Waals surface area contributed by atoms with Crippen molar-refractivity contribution in [2.45, 2.75) is 46.1 Å². The van der Waals surface area contributed by atoms with E-state index in [2.05, 4.69) is 4.98 Å². The number of hydrogen-bond acceptors (Lipinski definition) is 7. The Hall–Kier alpha value is -1.27. The van der Waals surface area contributed by atoms with E-state index >= 15 is 0 Å². The van der Waals surface area contributed by atoms with Gasteiger partial charge in [-0.25, -0.2) is 4.98 Å². The minimum atomic E-state index is -3.82. The number of benzene rings is 1. The highest BCUT2D eigenvalue weighted by Crippen LogP contribution is 2.71. The van der Waals surface area contributed by atoms with Crippen LogP contribution in [0.3, 0.4) is 0 Å². The molecule has 0 aliphatic rings. The lowest BCUT2D eigenvalue weighted by Gasteiger charge is -2.31. The van der Waals surface area contributed by atoms with E-state index < -0.39 is 20.6 Å². The van der Waals surface area contributed by atoms with Crippen LogP contribution in [0.5, 0.6) is 0 Å². The minimum absolute atomic E-state index is 0.0639. The lowest BCUT2D eigenvalue weighted by molar-refractivity contribution is 0.194. The summed E-state index contributed by atoms with van der Waals surface area (Å²) in [4.78, 5) is 4.42. The van der Waals surface area contributed by atoms with Gasteiger partial charge in [0.05, 0.1) is 26.4 Å². The standard InChI is InChI=1S/C20H32N2O6P2/c1-5-25-29(23,26-6-2)20(30(24,27-7-3)28-8-4)16-19-21-14-15-22(19)17-18-12-10-9-11-13-18/h9-15,20H,5-8,16-17H2,1-4H3.